The lowest BCUT2D eigenvalue weighted by molar-refractivity contribution is 0.197. The molecule has 0 fully saturated rings. The Labute approximate surface area is 111 Å². The van der Waals surface area contributed by atoms with Gasteiger partial charge in [-0.3, -0.25) is 4.79 Å². The molecule has 0 spiro atoms. The van der Waals surface area contributed by atoms with E-state index >= 15 is 0 Å². The maximum Gasteiger partial charge on any atom is 0.317 e. The van der Waals surface area contributed by atoms with Crippen LogP contribution < -0.4 is 10.9 Å². The number of carbonyl (C=O) groups excluding carboxylic acids is 1. The predicted molar refractivity (Wildman–Crippen MR) is 75.2 cm³/mol. The van der Waals surface area contributed by atoms with Crippen molar-refractivity contribution in [3.63, 3.8) is 0 Å². The molecule has 2 aromatic rings. The number of aromatic nitrogens is 1. The quantitative estimate of drug-likeness (QED) is 0.864. The van der Waals surface area contributed by atoms with E-state index in [4.69, 9.17) is 0 Å². The fourth-order valence-electron chi connectivity index (χ4n) is 2.14. The summed E-state index contributed by atoms with van der Waals surface area (Å²) in [6, 6.07) is 7.09. The molecule has 1 heterocycles. The van der Waals surface area contributed by atoms with Gasteiger partial charge < -0.3 is 15.2 Å². The number of rotatable bonds is 2. The number of hydrogen-bond acceptors (Lipinski definition) is 2. The van der Waals surface area contributed by atoms with Crippen LogP contribution in [0.15, 0.2) is 35.3 Å². The van der Waals surface area contributed by atoms with Crippen LogP contribution in [0.3, 0.4) is 0 Å². The minimum absolute atomic E-state index is 0.117. The highest BCUT2D eigenvalue weighted by molar-refractivity contribution is 5.85. The third kappa shape index (κ3) is 2.31. The molecule has 0 aliphatic carbocycles. The van der Waals surface area contributed by atoms with Gasteiger partial charge in [-0.2, -0.15) is 0 Å². The number of aromatic amines is 1. The lowest BCUT2D eigenvalue weighted by atomic mass is 10.0. The summed E-state index contributed by atoms with van der Waals surface area (Å²) in [5.74, 6) is 0. The van der Waals surface area contributed by atoms with Crippen LogP contribution in [0, 0.1) is 0 Å². The molecule has 0 aliphatic heterocycles. The molecule has 1 atom stereocenters. The third-order valence-corrected chi connectivity index (χ3v) is 3.41. The molecule has 2 N–H and O–H groups in total. The van der Waals surface area contributed by atoms with Crippen molar-refractivity contribution in [2.45, 2.75) is 13.0 Å². The molecule has 0 bridgehead atoms. The largest absolute Gasteiger partial charge is 0.341 e. The molecule has 0 saturated heterocycles. The second kappa shape index (κ2) is 5.14. The maximum atomic E-state index is 11.8. The highest BCUT2D eigenvalue weighted by Crippen LogP contribution is 2.24. The van der Waals surface area contributed by atoms with Gasteiger partial charge in [0.15, 0.2) is 0 Å². The molecule has 1 aromatic heterocycles. The molecule has 2 rings (SSSR count). The Morgan fingerprint density at radius 2 is 1.95 bits per heavy atom. The van der Waals surface area contributed by atoms with Gasteiger partial charge in [-0.25, -0.2) is 4.79 Å². The zero-order chi connectivity index (χ0) is 14.0. The lowest BCUT2D eigenvalue weighted by Gasteiger charge is -2.25. The second-order valence-corrected chi connectivity index (χ2v) is 4.46. The van der Waals surface area contributed by atoms with Crippen molar-refractivity contribution < 1.29 is 4.79 Å². The zero-order valence-corrected chi connectivity index (χ0v) is 11.2. The van der Waals surface area contributed by atoms with Crippen molar-refractivity contribution >= 4 is 16.8 Å². The van der Waals surface area contributed by atoms with Crippen molar-refractivity contribution in [2.75, 3.05) is 14.1 Å². The first-order valence-electron chi connectivity index (χ1n) is 6.11. The Kier molecular flexibility index (Phi) is 3.55. The molecule has 2 amide bonds. The average Bonchev–Trinajstić information content (AvgIpc) is 2.45. The maximum absolute atomic E-state index is 11.8. The summed E-state index contributed by atoms with van der Waals surface area (Å²) in [6.45, 7) is 1.93. The van der Waals surface area contributed by atoms with E-state index in [9.17, 15) is 9.59 Å². The molecule has 0 aliphatic rings. The summed E-state index contributed by atoms with van der Waals surface area (Å²) < 4.78 is 0. The van der Waals surface area contributed by atoms with Crippen LogP contribution in [0.25, 0.3) is 10.8 Å². The van der Waals surface area contributed by atoms with E-state index in [0.29, 0.717) is 5.39 Å². The van der Waals surface area contributed by atoms with Crippen LogP contribution in [0.2, 0.25) is 0 Å². The summed E-state index contributed by atoms with van der Waals surface area (Å²) in [4.78, 5) is 27.8. The fraction of sp³-hybridized carbons (Fsp3) is 0.286. The first kappa shape index (κ1) is 13.1. The average molecular weight is 259 g/mol. The van der Waals surface area contributed by atoms with Crippen LogP contribution in [-0.2, 0) is 0 Å². The summed E-state index contributed by atoms with van der Waals surface area (Å²) in [6.07, 6.45) is 1.68. The van der Waals surface area contributed by atoms with Gasteiger partial charge in [0.05, 0.1) is 6.04 Å². The second-order valence-electron chi connectivity index (χ2n) is 4.46. The smallest absolute Gasteiger partial charge is 0.317 e. The Balaban J connectivity index is 2.54. The molecule has 0 radical (unpaired) electrons. The zero-order valence-electron chi connectivity index (χ0n) is 11.2. The molecular weight excluding hydrogens is 242 g/mol. The van der Waals surface area contributed by atoms with Gasteiger partial charge in [0, 0.05) is 25.7 Å². The molecular formula is C14H17N3O2. The Hall–Kier alpha value is -2.30. The van der Waals surface area contributed by atoms with Crippen molar-refractivity contribution in [1.82, 2.24) is 15.2 Å². The SMILES string of the molecule is CNC(=O)N(C)C(C)c1c[nH]c(=O)c2ccccc12. The van der Waals surface area contributed by atoms with Gasteiger partial charge in [-0.15, -0.1) is 0 Å². The normalized spacial score (nSPS) is 12.2. The number of nitrogens with zero attached hydrogens (tertiary/aromatic N) is 1. The van der Waals surface area contributed by atoms with Crippen LogP contribution in [0.4, 0.5) is 4.79 Å². The van der Waals surface area contributed by atoms with Crippen LogP contribution in [-0.4, -0.2) is 30.0 Å². The molecule has 0 saturated carbocycles. The number of nitrogens with one attached hydrogen (secondary N) is 2. The van der Waals surface area contributed by atoms with E-state index in [1.165, 1.54) is 0 Å². The minimum atomic E-state index is -0.164. The van der Waals surface area contributed by atoms with Crippen LogP contribution >= 0.6 is 0 Å². The predicted octanol–water partition coefficient (Wildman–Crippen LogP) is 1.86. The first-order valence-corrected chi connectivity index (χ1v) is 6.11. The van der Waals surface area contributed by atoms with Crippen molar-refractivity contribution in [1.29, 1.82) is 0 Å². The number of carbonyl (C=O) groups is 1. The number of urea groups is 1. The lowest BCUT2D eigenvalue weighted by Crippen LogP contribution is -2.36. The van der Waals surface area contributed by atoms with Gasteiger partial charge in [0.2, 0.25) is 0 Å². The molecule has 100 valence electrons. The number of H-pyrrole nitrogens is 1. The van der Waals surface area contributed by atoms with E-state index < -0.39 is 0 Å². The number of fused-ring (bicyclic) bond motifs is 1. The molecule has 19 heavy (non-hydrogen) atoms. The van der Waals surface area contributed by atoms with Gasteiger partial charge in [-0.1, -0.05) is 18.2 Å². The minimum Gasteiger partial charge on any atom is -0.341 e. The number of amides is 2. The third-order valence-electron chi connectivity index (χ3n) is 3.41. The van der Waals surface area contributed by atoms with E-state index in [2.05, 4.69) is 10.3 Å². The Morgan fingerprint density at radius 3 is 2.58 bits per heavy atom. The highest BCUT2D eigenvalue weighted by atomic mass is 16.2. The summed E-state index contributed by atoms with van der Waals surface area (Å²) in [5, 5.41) is 4.10. The fourth-order valence-corrected chi connectivity index (χ4v) is 2.14. The van der Waals surface area contributed by atoms with Gasteiger partial charge in [0.25, 0.3) is 5.56 Å². The molecule has 1 aromatic carbocycles. The highest BCUT2D eigenvalue weighted by Gasteiger charge is 2.18. The van der Waals surface area contributed by atoms with Gasteiger partial charge in [-0.05, 0) is 23.9 Å². The Bertz CT molecular complexity index is 663. The van der Waals surface area contributed by atoms with E-state index in [0.717, 1.165) is 10.9 Å². The van der Waals surface area contributed by atoms with Crippen molar-refractivity contribution in [3.8, 4) is 0 Å². The topological polar surface area (TPSA) is 65.2 Å². The van der Waals surface area contributed by atoms with Crippen molar-refractivity contribution in [3.05, 3.63) is 46.4 Å². The standard InChI is InChI=1S/C14H17N3O2/c1-9(17(3)14(19)15-2)12-8-16-13(18)11-7-5-4-6-10(11)12/h4-9H,1-3H3,(H,15,19)(H,16,18). The number of benzene rings is 1. The van der Waals surface area contributed by atoms with E-state index in [1.54, 1.807) is 31.3 Å². The molecule has 5 nitrogen and oxygen atoms in total. The summed E-state index contributed by atoms with van der Waals surface area (Å²) >= 11 is 0. The summed E-state index contributed by atoms with van der Waals surface area (Å²) in [7, 11) is 3.32. The van der Waals surface area contributed by atoms with Gasteiger partial charge >= 0.3 is 6.03 Å². The number of pyridine rings is 1. The van der Waals surface area contributed by atoms with Crippen LogP contribution in [0.1, 0.15) is 18.5 Å². The van der Waals surface area contributed by atoms with Gasteiger partial charge in [0.1, 0.15) is 0 Å². The Morgan fingerprint density at radius 1 is 1.32 bits per heavy atom. The first-order chi connectivity index (χ1) is 9.06. The molecule has 5 heteroatoms. The van der Waals surface area contributed by atoms with E-state index in [-0.39, 0.29) is 17.6 Å². The summed E-state index contributed by atoms with van der Waals surface area (Å²) in [5.41, 5.74) is 0.801. The monoisotopic (exact) mass is 259 g/mol. The molecule has 1 unspecified atom stereocenters. The number of hydrogen-bond donors (Lipinski definition) is 2. The van der Waals surface area contributed by atoms with E-state index in [1.807, 2.05) is 25.1 Å². The van der Waals surface area contributed by atoms with Crippen LogP contribution in [0.5, 0.6) is 0 Å². The van der Waals surface area contributed by atoms with Crippen molar-refractivity contribution in [2.24, 2.45) is 0 Å².